The van der Waals surface area contributed by atoms with E-state index in [2.05, 4.69) is 9.97 Å². The maximum absolute atomic E-state index is 12.5. The molecule has 4 rings (SSSR count). The number of oxazole rings is 1. The summed E-state index contributed by atoms with van der Waals surface area (Å²) in [7, 11) is 0. The second kappa shape index (κ2) is 4.55. The third kappa shape index (κ3) is 1.96. The van der Waals surface area contributed by atoms with Gasteiger partial charge in [-0.25, -0.2) is 4.98 Å². The Morgan fingerprint density at radius 1 is 1.24 bits per heavy atom. The van der Waals surface area contributed by atoms with Crippen LogP contribution in [0.15, 0.2) is 33.5 Å². The van der Waals surface area contributed by atoms with Gasteiger partial charge in [0.1, 0.15) is 5.82 Å². The standard InChI is InChI=1S/C16H15N3O2/c1-10-5-4-6-11(9-10)14-18-13-15(21-14)17-12-7-2-3-8-19(12)16(13)20/h4-6,9H,2-3,7-8H2,1H3. The van der Waals surface area contributed by atoms with Crippen LogP contribution >= 0.6 is 0 Å². The molecule has 0 saturated heterocycles. The molecule has 1 aromatic carbocycles. The minimum Gasteiger partial charge on any atom is -0.417 e. The summed E-state index contributed by atoms with van der Waals surface area (Å²) in [6.07, 6.45) is 2.91. The molecule has 5 nitrogen and oxygen atoms in total. The van der Waals surface area contributed by atoms with Crippen molar-refractivity contribution in [1.29, 1.82) is 0 Å². The molecule has 0 N–H and O–H groups in total. The van der Waals surface area contributed by atoms with E-state index in [9.17, 15) is 4.79 Å². The molecular formula is C16H15N3O2. The highest BCUT2D eigenvalue weighted by Crippen LogP contribution is 2.23. The molecule has 5 heteroatoms. The highest BCUT2D eigenvalue weighted by atomic mass is 16.4. The molecule has 0 atom stereocenters. The minimum atomic E-state index is -0.0858. The van der Waals surface area contributed by atoms with Crippen LogP contribution in [0.25, 0.3) is 22.7 Å². The van der Waals surface area contributed by atoms with E-state index in [-0.39, 0.29) is 5.56 Å². The lowest BCUT2D eigenvalue weighted by atomic mass is 10.1. The van der Waals surface area contributed by atoms with Crippen LogP contribution in [0.2, 0.25) is 0 Å². The molecule has 0 aliphatic carbocycles. The van der Waals surface area contributed by atoms with Crippen molar-refractivity contribution < 1.29 is 4.42 Å². The second-order valence-corrected chi connectivity index (χ2v) is 5.48. The zero-order chi connectivity index (χ0) is 14.4. The Morgan fingerprint density at radius 3 is 3.00 bits per heavy atom. The second-order valence-electron chi connectivity index (χ2n) is 5.48. The number of fused-ring (bicyclic) bond motifs is 2. The molecule has 3 aromatic rings. The van der Waals surface area contributed by atoms with Crippen LogP contribution in [0, 0.1) is 6.92 Å². The van der Waals surface area contributed by atoms with Crippen LogP contribution in [0.4, 0.5) is 0 Å². The van der Waals surface area contributed by atoms with Gasteiger partial charge in [0.2, 0.25) is 5.89 Å². The topological polar surface area (TPSA) is 60.9 Å². The maximum Gasteiger partial charge on any atom is 0.283 e. The molecular weight excluding hydrogens is 266 g/mol. The number of hydrogen-bond donors (Lipinski definition) is 0. The molecule has 2 aromatic heterocycles. The Balaban J connectivity index is 1.94. The zero-order valence-corrected chi connectivity index (χ0v) is 11.8. The van der Waals surface area contributed by atoms with Gasteiger partial charge in [-0.05, 0) is 31.9 Å². The Hall–Kier alpha value is -2.43. The van der Waals surface area contributed by atoms with Crippen LogP contribution < -0.4 is 5.56 Å². The predicted molar refractivity (Wildman–Crippen MR) is 79.2 cm³/mol. The Bertz CT molecular complexity index is 892. The summed E-state index contributed by atoms with van der Waals surface area (Å²) in [6.45, 7) is 2.74. The van der Waals surface area contributed by atoms with E-state index in [4.69, 9.17) is 4.42 Å². The third-order valence-corrected chi connectivity index (χ3v) is 3.90. The zero-order valence-electron chi connectivity index (χ0n) is 11.8. The number of hydrogen-bond acceptors (Lipinski definition) is 4. The Morgan fingerprint density at radius 2 is 2.14 bits per heavy atom. The van der Waals surface area contributed by atoms with Gasteiger partial charge in [0.25, 0.3) is 11.3 Å². The van der Waals surface area contributed by atoms with Crippen molar-refractivity contribution in [3.8, 4) is 11.5 Å². The van der Waals surface area contributed by atoms with E-state index in [1.54, 1.807) is 4.57 Å². The number of benzene rings is 1. The smallest absolute Gasteiger partial charge is 0.283 e. The molecule has 106 valence electrons. The fourth-order valence-corrected chi connectivity index (χ4v) is 2.83. The van der Waals surface area contributed by atoms with Gasteiger partial charge in [-0.15, -0.1) is 0 Å². The van der Waals surface area contributed by atoms with Gasteiger partial charge >= 0.3 is 0 Å². The fraction of sp³-hybridized carbons (Fsp3) is 0.312. The van der Waals surface area contributed by atoms with E-state index in [0.29, 0.717) is 17.1 Å². The first kappa shape index (κ1) is 12.3. The van der Waals surface area contributed by atoms with Gasteiger partial charge in [0, 0.05) is 18.5 Å². The van der Waals surface area contributed by atoms with Gasteiger partial charge in [-0.1, -0.05) is 17.7 Å². The average Bonchev–Trinajstić information content (AvgIpc) is 2.92. The summed E-state index contributed by atoms with van der Waals surface area (Å²) in [4.78, 5) is 21.3. The monoisotopic (exact) mass is 281 g/mol. The first-order valence-corrected chi connectivity index (χ1v) is 7.20. The summed E-state index contributed by atoms with van der Waals surface area (Å²) in [5.41, 5.74) is 2.59. The first-order valence-electron chi connectivity index (χ1n) is 7.20. The van der Waals surface area contributed by atoms with Gasteiger partial charge in [-0.2, -0.15) is 4.98 Å². The normalized spacial score (nSPS) is 14.3. The molecule has 0 spiro atoms. The predicted octanol–water partition coefficient (Wildman–Crippen LogP) is 2.70. The highest BCUT2D eigenvalue weighted by Gasteiger charge is 2.19. The molecule has 0 radical (unpaired) electrons. The van der Waals surface area contributed by atoms with E-state index in [1.165, 1.54) is 0 Å². The van der Waals surface area contributed by atoms with Gasteiger partial charge in [0.15, 0.2) is 5.52 Å². The molecule has 0 bridgehead atoms. The molecule has 0 amide bonds. The van der Waals surface area contributed by atoms with Crippen molar-refractivity contribution in [2.45, 2.75) is 32.7 Å². The van der Waals surface area contributed by atoms with Crippen LogP contribution in [0.3, 0.4) is 0 Å². The first-order chi connectivity index (χ1) is 10.2. The number of nitrogens with zero attached hydrogens (tertiary/aromatic N) is 3. The number of rotatable bonds is 1. The number of aromatic nitrogens is 3. The minimum absolute atomic E-state index is 0.0858. The van der Waals surface area contributed by atoms with Crippen molar-refractivity contribution in [2.75, 3.05) is 0 Å². The quantitative estimate of drug-likeness (QED) is 0.688. The van der Waals surface area contributed by atoms with Gasteiger partial charge < -0.3 is 4.42 Å². The van der Waals surface area contributed by atoms with Crippen LogP contribution in [0.1, 0.15) is 24.2 Å². The lowest BCUT2D eigenvalue weighted by Crippen LogP contribution is -2.28. The van der Waals surface area contributed by atoms with Crippen molar-refractivity contribution in [3.05, 3.63) is 46.0 Å². The molecule has 1 aliphatic rings. The summed E-state index contributed by atoms with van der Waals surface area (Å²) in [5.74, 6) is 1.27. The highest BCUT2D eigenvalue weighted by molar-refractivity contribution is 5.71. The van der Waals surface area contributed by atoms with Gasteiger partial charge in [-0.3, -0.25) is 9.36 Å². The van der Waals surface area contributed by atoms with Crippen molar-refractivity contribution in [3.63, 3.8) is 0 Å². The van der Waals surface area contributed by atoms with Crippen LogP contribution in [-0.2, 0) is 13.0 Å². The lowest BCUT2D eigenvalue weighted by molar-refractivity contribution is 0.494. The Kier molecular flexibility index (Phi) is 2.67. The molecule has 21 heavy (non-hydrogen) atoms. The van der Waals surface area contributed by atoms with Crippen LogP contribution in [0.5, 0.6) is 0 Å². The largest absolute Gasteiger partial charge is 0.417 e. The lowest BCUT2D eigenvalue weighted by Gasteiger charge is -2.15. The molecule has 0 unspecified atom stereocenters. The third-order valence-electron chi connectivity index (χ3n) is 3.90. The molecule has 0 saturated carbocycles. The molecule has 3 heterocycles. The van der Waals surface area contributed by atoms with Crippen molar-refractivity contribution in [1.82, 2.24) is 14.5 Å². The van der Waals surface area contributed by atoms with E-state index in [1.807, 2.05) is 31.2 Å². The van der Waals surface area contributed by atoms with Crippen LogP contribution in [-0.4, -0.2) is 14.5 Å². The van der Waals surface area contributed by atoms with E-state index < -0.39 is 0 Å². The molecule has 1 aliphatic heterocycles. The summed E-state index contributed by atoms with van der Waals surface area (Å²) in [6, 6.07) is 7.88. The van der Waals surface area contributed by atoms with E-state index >= 15 is 0 Å². The SMILES string of the molecule is Cc1cccc(-c2nc3c(=O)n4c(nc3o2)CCCC4)c1. The van der Waals surface area contributed by atoms with Gasteiger partial charge in [0.05, 0.1) is 0 Å². The molecule has 0 fully saturated rings. The average molecular weight is 281 g/mol. The van der Waals surface area contributed by atoms with E-state index in [0.717, 1.165) is 42.8 Å². The summed E-state index contributed by atoms with van der Waals surface area (Å²) >= 11 is 0. The van der Waals surface area contributed by atoms with Crippen molar-refractivity contribution >= 4 is 11.2 Å². The maximum atomic E-state index is 12.5. The fourth-order valence-electron chi connectivity index (χ4n) is 2.83. The Labute approximate surface area is 121 Å². The summed E-state index contributed by atoms with van der Waals surface area (Å²) < 4.78 is 7.45. The number of aryl methyl sites for hydroxylation is 2. The summed E-state index contributed by atoms with van der Waals surface area (Å²) in [5, 5.41) is 0. The van der Waals surface area contributed by atoms with Crippen molar-refractivity contribution in [2.24, 2.45) is 0 Å².